The van der Waals surface area contributed by atoms with E-state index in [1.165, 1.54) is 24.3 Å². The number of carboxylic acids is 1. The number of carbonyl (C=O) groups excluding carboxylic acids is 1. The summed E-state index contributed by atoms with van der Waals surface area (Å²) in [6.45, 7) is 0. The van der Waals surface area contributed by atoms with Crippen molar-refractivity contribution in [3.05, 3.63) is 41.2 Å². The molecule has 0 aliphatic rings. The molecule has 1 aromatic rings. The highest BCUT2D eigenvalue weighted by Crippen LogP contribution is 2.10. The van der Waals surface area contributed by atoms with E-state index in [1.54, 1.807) is 6.07 Å². The molecule has 0 amide bonds. The fraction of sp³-hybridized carbons (Fsp3) is 0.0909. The van der Waals surface area contributed by atoms with Crippen LogP contribution in [0.2, 0.25) is 0 Å². The van der Waals surface area contributed by atoms with Crippen molar-refractivity contribution in [1.82, 2.24) is 0 Å². The molecule has 0 atom stereocenters. The number of rotatable bonds is 4. The SMILES string of the molecule is O=Cc1ccc(C=CCC(=O)O)cc1F. The summed E-state index contributed by atoms with van der Waals surface area (Å²) in [6.07, 6.45) is 3.22. The van der Waals surface area contributed by atoms with Gasteiger partial charge in [0, 0.05) is 0 Å². The molecule has 1 aromatic carbocycles. The standard InChI is InChI=1S/C11H9FO3/c12-10-6-8(2-1-3-11(14)15)4-5-9(10)7-13/h1-2,4-7H,3H2,(H,14,15). The summed E-state index contributed by atoms with van der Waals surface area (Å²) in [6, 6.07) is 4.08. The number of benzene rings is 1. The molecule has 3 nitrogen and oxygen atoms in total. The van der Waals surface area contributed by atoms with Gasteiger partial charge >= 0.3 is 5.97 Å². The van der Waals surface area contributed by atoms with Crippen molar-refractivity contribution < 1.29 is 19.1 Å². The minimum Gasteiger partial charge on any atom is -0.481 e. The molecule has 0 fully saturated rings. The van der Waals surface area contributed by atoms with E-state index in [2.05, 4.69) is 0 Å². The number of aliphatic carboxylic acids is 1. The predicted molar refractivity (Wildman–Crippen MR) is 53.1 cm³/mol. The van der Waals surface area contributed by atoms with Gasteiger partial charge in [0.25, 0.3) is 0 Å². The average Bonchev–Trinajstić information content (AvgIpc) is 2.17. The largest absolute Gasteiger partial charge is 0.481 e. The van der Waals surface area contributed by atoms with Gasteiger partial charge in [0.2, 0.25) is 0 Å². The molecule has 0 radical (unpaired) electrons. The zero-order chi connectivity index (χ0) is 11.3. The number of carboxylic acid groups (broad SMARTS) is 1. The van der Waals surface area contributed by atoms with Gasteiger partial charge in [-0.15, -0.1) is 0 Å². The van der Waals surface area contributed by atoms with Crippen LogP contribution in [0.3, 0.4) is 0 Å². The normalized spacial score (nSPS) is 10.5. The second kappa shape index (κ2) is 5.05. The van der Waals surface area contributed by atoms with Gasteiger partial charge in [0.1, 0.15) is 5.82 Å². The highest BCUT2D eigenvalue weighted by Gasteiger charge is 2.00. The van der Waals surface area contributed by atoms with Crippen LogP contribution in [0.15, 0.2) is 24.3 Å². The highest BCUT2D eigenvalue weighted by molar-refractivity contribution is 5.76. The lowest BCUT2D eigenvalue weighted by molar-refractivity contribution is -0.135. The smallest absolute Gasteiger partial charge is 0.307 e. The van der Waals surface area contributed by atoms with Crippen LogP contribution in [0.1, 0.15) is 22.3 Å². The van der Waals surface area contributed by atoms with Gasteiger partial charge in [-0.25, -0.2) is 4.39 Å². The second-order valence-electron chi connectivity index (χ2n) is 2.90. The number of hydrogen-bond donors (Lipinski definition) is 1. The first-order valence-electron chi connectivity index (χ1n) is 4.26. The monoisotopic (exact) mass is 208 g/mol. The van der Waals surface area contributed by atoms with Crippen molar-refractivity contribution in [1.29, 1.82) is 0 Å². The first-order chi connectivity index (χ1) is 7.13. The number of halogens is 1. The first kappa shape index (κ1) is 11.1. The Kier molecular flexibility index (Phi) is 3.74. The third-order valence-corrected chi connectivity index (χ3v) is 1.75. The van der Waals surface area contributed by atoms with Crippen LogP contribution in [-0.2, 0) is 4.79 Å². The van der Waals surface area contributed by atoms with Crippen molar-refractivity contribution in [3.63, 3.8) is 0 Å². The molecular weight excluding hydrogens is 199 g/mol. The molecule has 0 aliphatic heterocycles. The van der Waals surface area contributed by atoms with E-state index < -0.39 is 11.8 Å². The molecule has 0 aromatic heterocycles. The molecular formula is C11H9FO3. The van der Waals surface area contributed by atoms with Gasteiger partial charge in [0.15, 0.2) is 6.29 Å². The molecule has 78 valence electrons. The molecule has 15 heavy (non-hydrogen) atoms. The molecule has 0 aliphatic carbocycles. The van der Waals surface area contributed by atoms with Gasteiger partial charge in [-0.05, 0) is 17.7 Å². The lowest BCUT2D eigenvalue weighted by Crippen LogP contribution is -1.90. The molecule has 0 unspecified atom stereocenters. The third kappa shape index (κ3) is 3.34. The van der Waals surface area contributed by atoms with E-state index in [4.69, 9.17) is 5.11 Å². The summed E-state index contributed by atoms with van der Waals surface area (Å²) in [5, 5.41) is 8.36. The highest BCUT2D eigenvalue weighted by atomic mass is 19.1. The topological polar surface area (TPSA) is 54.4 Å². The summed E-state index contributed by atoms with van der Waals surface area (Å²) in [5.74, 6) is -1.56. The van der Waals surface area contributed by atoms with Crippen molar-refractivity contribution >= 4 is 18.3 Å². The molecule has 0 spiro atoms. The van der Waals surface area contributed by atoms with Gasteiger partial charge in [-0.3, -0.25) is 9.59 Å². The van der Waals surface area contributed by atoms with Crippen molar-refractivity contribution in [2.24, 2.45) is 0 Å². The van der Waals surface area contributed by atoms with Crippen LogP contribution in [0.25, 0.3) is 6.08 Å². The molecule has 0 heterocycles. The van der Waals surface area contributed by atoms with E-state index in [0.29, 0.717) is 11.8 Å². The summed E-state index contributed by atoms with van der Waals surface area (Å²) < 4.78 is 13.1. The van der Waals surface area contributed by atoms with Crippen LogP contribution in [0, 0.1) is 5.82 Å². The van der Waals surface area contributed by atoms with E-state index in [1.807, 2.05) is 0 Å². The number of carbonyl (C=O) groups is 2. The summed E-state index contributed by atoms with van der Waals surface area (Å²) in [4.78, 5) is 20.5. The van der Waals surface area contributed by atoms with Crippen molar-refractivity contribution in [2.45, 2.75) is 6.42 Å². The second-order valence-corrected chi connectivity index (χ2v) is 2.90. The minimum atomic E-state index is -0.948. The van der Waals surface area contributed by atoms with Crippen molar-refractivity contribution in [3.8, 4) is 0 Å². The Morgan fingerprint density at radius 3 is 2.73 bits per heavy atom. The Hall–Kier alpha value is -1.97. The van der Waals surface area contributed by atoms with E-state index in [9.17, 15) is 14.0 Å². The van der Waals surface area contributed by atoms with Crippen molar-refractivity contribution in [2.75, 3.05) is 0 Å². The fourth-order valence-electron chi connectivity index (χ4n) is 1.04. The Bertz CT molecular complexity index is 410. The maximum Gasteiger partial charge on any atom is 0.307 e. The van der Waals surface area contributed by atoms with Crippen LogP contribution >= 0.6 is 0 Å². The van der Waals surface area contributed by atoms with Gasteiger partial charge in [-0.2, -0.15) is 0 Å². The fourth-order valence-corrected chi connectivity index (χ4v) is 1.04. The van der Waals surface area contributed by atoms with Crippen LogP contribution in [0.4, 0.5) is 4.39 Å². The Morgan fingerprint density at radius 2 is 2.20 bits per heavy atom. The lowest BCUT2D eigenvalue weighted by Gasteiger charge is -1.96. The van der Waals surface area contributed by atoms with Gasteiger partial charge in [0.05, 0.1) is 12.0 Å². The third-order valence-electron chi connectivity index (χ3n) is 1.75. The Balaban J connectivity index is 2.79. The number of aldehydes is 1. The maximum atomic E-state index is 13.1. The Labute approximate surface area is 85.8 Å². The molecule has 4 heteroatoms. The number of hydrogen-bond acceptors (Lipinski definition) is 2. The van der Waals surface area contributed by atoms with Gasteiger partial charge < -0.3 is 5.11 Å². The quantitative estimate of drug-likeness (QED) is 0.771. The molecule has 0 saturated carbocycles. The lowest BCUT2D eigenvalue weighted by atomic mass is 10.1. The molecule has 0 bridgehead atoms. The molecule has 1 rings (SSSR count). The maximum absolute atomic E-state index is 13.1. The van der Waals surface area contributed by atoms with Gasteiger partial charge in [-0.1, -0.05) is 18.2 Å². The van der Waals surface area contributed by atoms with E-state index in [0.717, 1.165) is 0 Å². The predicted octanol–water partition coefficient (Wildman–Crippen LogP) is 2.13. The van der Waals surface area contributed by atoms with Crippen LogP contribution in [0.5, 0.6) is 0 Å². The summed E-state index contributed by atoms with van der Waals surface area (Å²) >= 11 is 0. The zero-order valence-electron chi connectivity index (χ0n) is 7.81. The molecule has 0 saturated heterocycles. The van der Waals surface area contributed by atoms with E-state index >= 15 is 0 Å². The summed E-state index contributed by atoms with van der Waals surface area (Å²) in [5.41, 5.74) is 0.518. The first-order valence-corrected chi connectivity index (χ1v) is 4.26. The Morgan fingerprint density at radius 1 is 1.47 bits per heavy atom. The van der Waals surface area contributed by atoms with Crippen LogP contribution in [-0.4, -0.2) is 17.4 Å². The molecule has 1 N–H and O–H groups in total. The zero-order valence-corrected chi connectivity index (χ0v) is 7.81. The summed E-state index contributed by atoms with van der Waals surface area (Å²) in [7, 11) is 0. The average molecular weight is 208 g/mol. The minimum absolute atomic E-state index is 0.00890. The van der Waals surface area contributed by atoms with Crippen LogP contribution < -0.4 is 0 Å². The van der Waals surface area contributed by atoms with E-state index in [-0.39, 0.29) is 12.0 Å².